The fourth-order valence-corrected chi connectivity index (χ4v) is 3.40. The van der Waals surface area contributed by atoms with Gasteiger partial charge in [0.1, 0.15) is 10.4 Å². The number of nitrogens with one attached hydrogen (secondary N) is 1. The Hall–Kier alpha value is -2.19. The number of amides is 2. The third kappa shape index (κ3) is 5.14. The molecule has 132 valence electrons. The summed E-state index contributed by atoms with van der Waals surface area (Å²) in [6.45, 7) is 3.48. The second-order valence-corrected chi connectivity index (χ2v) is 7.30. The van der Waals surface area contributed by atoms with E-state index in [1.165, 1.54) is 23.6 Å². The highest BCUT2D eigenvalue weighted by molar-refractivity contribution is 8.26. The van der Waals surface area contributed by atoms with Crippen molar-refractivity contribution in [3.63, 3.8) is 0 Å². The van der Waals surface area contributed by atoms with E-state index in [1.807, 2.05) is 31.2 Å². The van der Waals surface area contributed by atoms with Crippen molar-refractivity contribution in [2.75, 3.05) is 6.54 Å². The van der Waals surface area contributed by atoms with Crippen molar-refractivity contribution >= 4 is 52.2 Å². The first-order chi connectivity index (χ1) is 11.8. The number of carboxylic acid groups (broad SMARTS) is 1. The largest absolute Gasteiger partial charge is 0.480 e. The number of rotatable bonds is 6. The second-order valence-electron chi connectivity index (χ2n) is 5.62. The highest BCUT2D eigenvalue weighted by Crippen LogP contribution is 2.32. The summed E-state index contributed by atoms with van der Waals surface area (Å²) in [5.74, 6) is -1.79. The van der Waals surface area contributed by atoms with Gasteiger partial charge in [-0.1, -0.05) is 53.8 Å². The Bertz CT molecular complexity index is 744. The summed E-state index contributed by atoms with van der Waals surface area (Å²) in [6.07, 6.45) is 1.76. The number of benzene rings is 1. The van der Waals surface area contributed by atoms with Gasteiger partial charge >= 0.3 is 5.97 Å². The average Bonchev–Trinajstić information content (AvgIpc) is 2.81. The van der Waals surface area contributed by atoms with Crippen LogP contribution < -0.4 is 5.32 Å². The van der Waals surface area contributed by atoms with E-state index in [9.17, 15) is 14.4 Å². The fraction of sp³-hybridized carbons (Fsp3) is 0.294. The molecule has 0 aliphatic carbocycles. The molecule has 1 aromatic carbocycles. The van der Waals surface area contributed by atoms with Crippen LogP contribution in [0, 0.1) is 6.92 Å². The maximum absolute atomic E-state index is 12.5. The summed E-state index contributed by atoms with van der Waals surface area (Å²) < 4.78 is 0.391. The zero-order chi connectivity index (χ0) is 18.6. The zero-order valence-corrected chi connectivity index (χ0v) is 15.4. The number of thioether (sulfide) groups is 1. The van der Waals surface area contributed by atoms with Crippen LogP contribution >= 0.6 is 24.0 Å². The normalized spacial score (nSPS) is 17.0. The van der Waals surface area contributed by atoms with Gasteiger partial charge in [0, 0.05) is 13.0 Å². The Balaban J connectivity index is 1.98. The quantitative estimate of drug-likeness (QED) is 0.583. The molecule has 0 aromatic heterocycles. The van der Waals surface area contributed by atoms with Crippen molar-refractivity contribution in [1.82, 2.24) is 10.2 Å². The van der Waals surface area contributed by atoms with E-state index in [0.717, 1.165) is 11.1 Å². The lowest BCUT2D eigenvalue weighted by atomic mass is 10.1. The topological polar surface area (TPSA) is 86.7 Å². The molecule has 1 aliphatic heterocycles. The monoisotopic (exact) mass is 378 g/mol. The van der Waals surface area contributed by atoms with Gasteiger partial charge in [0.2, 0.25) is 5.91 Å². The lowest BCUT2D eigenvalue weighted by molar-refractivity contribution is -0.141. The van der Waals surface area contributed by atoms with Crippen LogP contribution in [0.3, 0.4) is 0 Å². The van der Waals surface area contributed by atoms with Crippen molar-refractivity contribution in [2.24, 2.45) is 0 Å². The molecule has 2 amide bonds. The lowest BCUT2D eigenvalue weighted by Crippen LogP contribution is -2.40. The number of nitrogens with zero attached hydrogens (tertiary/aromatic N) is 1. The van der Waals surface area contributed by atoms with Crippen LogP contribution in [0.1, 0.15) is 24.5 Å². The standard InChI is InChI=1S/C17H18N2O4S2/c1-10-3-5-12(6-4-10)9-13-15(21)19(17(24)25-13)8-7-14(20)18-11(2)16(22)23/h3-6,9,11H,7-8H2,1-2H3,(H,18,20)(H,22,23)/b13-9+/t11-/m0/s1. The van der Waals surface area contributed by atoms with E-state index in [0.29, 0.717) is 9.23 Å². The molecule has 1 fully saturated rings. The van der Waals surface area contributed by atoms with Gasteiger partial charge < -0.3 is 10.4 Å². The molecule has 1 saturated heterocycles. The molecule has 25 heavy (non-hydrogen) atoms. The van der Waals surface area contributed by atoms with Crippen LogP contribution in [-0.2, 0) is 14.4 Å². The molecule has 8 heteroatoms. The smallest absolute Gasteiger partial charge is 0.325 e. The maximum atomic E-state index is 12.5. The predicted molar refractivity (Wildman–Crippen MR) is 101 cm³/mol. The highest BCUT2D eigenvalue weighted by atomic mass is 32.2. The van der Waals surface area contributed by atoms with Crippen molar-refractivity contribution in [3.05, 3.63) is 40.3 Å². The second kappa shape index (κ2) is 8.26. The highest BCUT2D eigenvalue weighted by Gasteiger charge is 2.32. The van der Waals surface area contributed by atoms with Crippen molar-refractivity contribution < 1.29 is 19.5 Å². The summed E-state index contributed by atoms with van der Waals surface area (Å²) >= 11 is 6.41. The van der Waals surface area contributed by atoms with Gasteiger partial charge in [-0.2, -0.15) is 0 Å². The number of aryl methyl sites for hydroxylation is 1. The molecule has 0 spiro atoms. The number of carbonyl (C=O) groups excluding carboxylic acids is 2. The van der Waals surface area contributed by atoms with E-state index < -0.39 is 17.9 Å². The number of aliphatic carboxylic acids is 1. The Morgan fingerprint density at radius 1 is 1.36 bits per heavy atom. The molecule has 2 rings (SSSR count). The summed E-state index contributed by atoms with van der Waals surface area (Å²) in [6, 6.07) is 6.78. The van der Waals surface area contributed by atoms with Crippen LogP contribution in [0.4, 0.5) is 0 Å². The van der Waals surface area contributed by atoms with Crippen molar-refractivity contribution in [1.29, 1.82) is 0 Å². The van der Waals surface area contributed by atoms with Gasteiger partial charge in [0.25, 0.3) is 5.91 Å². The van der Waals surface area contributed by atoms with Crippen LogP contribution in [-0.4, -0.2) is 44.7 Å². The molecule has 0 unspecified atom stereocenters. The van der Waals surface area contributed by atoms with Gasteiger partial charge in [-0.15, -0.1) is 0 Å². The summed E-state index contributed by atoms with van der Waals surface area (Å²) in [7, 11) is 0. The minimum Gasteiger partial charge on any atom is -0.480 e. The van der Waals surface area contributed by atoms with E-state index in [1.54, 1.807) is 6.08 Å². The van der Waals surface area contributed by atoms with Crippen LogP contribution in [0.15, 0.2) is 29.2 Å². The maximum Gasteiger partial charge on any atom is 0.325 e. The minimum atomic E-state index is -1.11. The molecule has 1 atom stereocenters. The van der Waals surface area contributed by atoms with E-state index in [4.69, 9.17) is 17.3 Å². The minimum absolute atomic E-state index is 0.0120. The number of carboxylic acids is 1. The first kappa shape index (κ1) is 19.1. The van der Waals surface area contributed by atoms with Crippen LogP contribution in [0.2, 0.25) is 0 Å². The third-order valence-corrected chi connectivity index (χ3v) is 4.94. The molecule has 0 radical (unpaired) electrons. The van der Waals surface area contributed by atoms with Gasteiger partial charge in [-0.25, -0.2) is 0 Å². The molecule has 1 heterocycles. The Morgan fingerprint density at radius 3 is 2.60 bits per heavy atom. The first-order valence-electron chi connectivity index (χ1n) is 7.62. The predicted octanol–water partition coefficient (Wildman–Crippen LogP) is 2.18. The molecule has 1 aliphatic rings. The first-order valence-corrected chi connectivity index (χ1v) is 8.84. The van der Waals surface area contributed by atoms with Crippen LogP contribution in [0.5, 0.6) is 0 Å². The van der Waals surface area contributed by atoms with Gasteiger partial charge in [-0.3, -0.25) is 19.3 Å². The Kier molecular flexibility index (Phi) is 6.33. The van der Waals surface area contributed by atoms with Crippen molar-refractivity contribution in [2.45, 2.75) is 26.3 Å². The number of hydrogen-bond donors (Lipinski definition) is 2. The number of hydrogen-bond acceptors (Lipinski definition) is 5. The van der Waals surface area contributed by atoms with E-state index >= 15 is 0 Å². The number of thiocarbonyl (C=S) groups is 1. The lowest BCUT2D eigenvalue weighted by Gasteiger charge is -2.15. The molecule has 1 aromatic rings. The molecule has 0 bridgehead atoms. The van der Waals surface area contributed by atoms with Gasteiger partial charge in [0.15, 0.2) is 0 Å². The fourth-order valence-electron chi connectivity index (χ4n) is 2.10. The molecule has 0 saturated carbocycles. The third-order valence-electron chi connectivity index (χ3n) is 3.56. The SMILES string of the molecule is Cc1ccc(/C=C2/SC(=S)N(CCC(=O)N[C@@H](C)C(=O)O)C2=O)cc1. The number of carbonyl (C=O) groups is 3. The van der Waals surface area contributed by atoms with Crippen molar-refractivity contribution in [3.8, 4) is 0 Å². The zero-order valence-electron chi connectivity index (χ0n) is 13.8. The van der Waals surface area contributed by atoms with Crippen LogP contribution in [0.25, 0.3) is 6.08 Å². The van der Waals surface area contributed by atoms with Gasteiger partial charge in [0.05, 0.1) is 4.91 Å². The summed E-state index contributed by atoms with van der Waals surface area (Å²) in [5.41, 5.74) is 2.03. The Labute approximate surface area is 155 Å². The summed E-state index contributed by atoms with van der Waals surface area (Å²) in [5, 5.41) is 11.1. The molecule has 6 nitrogen and oxygen atoms in total. The van der Waals surface area contributed by atoms with E-state index in [-0.39, 0.29) is 18.9 Å². The average molecular weight is 378 g/mol. The van der Waals surface area contributed by atoms with E-state index in [2.05, 4.69) is 5.32 Å². The molecule has 2 N–H and O–H groups in total. The molecular weight excluding hydrogens is 360 g/mol. The molecular formula is C17H18N2O4S2. The van der Waals surface area contributed by atoms with Gasteiger partial charge in [-0.05, 0) is 25.5 Å². The summed E-state index contributed by atoms with van der Waals surface area (Å²) in [4.78, 5) is 36.8. The Morgan fingerprint density at radius 2 is 2.00 bits per heavy atom.